The van der Waals surface area contributed by atoms with Crippen LogP contribution in [-0.2, 0) is 19.4 Å². The zero-order chi connectivity index (χ0) is 16.4. The van der Waals surface area contributed by atoms with Crippen LogP contribution in [0.15, 0.2) is 42.6 Å². The lowest BCUT2D eigenvalue weighted by molar-refractivity contribution is 0.153. The minimum absolute atomic E-state index is 0.231. The van der Waals surface area contributed by atoms with E-state index in [1.54, 1.807) is 0 Å². The summed E-state index contributed by atoms with van der Waals surface area (Å²) in [6, 6.07) is 13.4. The fraction of sp³-hybridized carbons (Fsp3) is 0.450. The Morgan fingerprint density at radius 1 is 1.12 bits per heavy atom. The zero-order valence-electron chi connectivity index (χ0n) is 14.0. The van der Waals surface area contributed by atoms with Crippen LogP contribution in [0.1, 0.15) is 29.5 Å². The van der Waals surface area contributed by atoms with Crippen LogP contribution in [0, 0.1) is 0 Å². The normalized spacial score (nSPS) is 21.0. The molecule has 0 spiro atoms. The summed E-state index contributed by atoms with van der Waals surface area (Å²) in [5, 5.41) is 13.7. The number of pyridine rings is 1. The molecule has 24 heavy (non-hydrogen) atoms. The van der Waals surface area contributed by atoms with E-state index in [0.29, 0.717) is 12.6 Å². The van der Waals surface area contributed by atoms with Crippen LogP contribution >= 0.6 is 0 Å². The topological polar surface area (TPSA) is 48.4 Å². The van der Waals surface area contributed by atoms with Crippen molar-refractivity contribution in [2.75, 3.05) is 18.0 Å². The third-order valence-electron chi connectivity index (χ3n) is 5.20. The second kappa shape index (κ2) is 6.91. The lowest BCUT2D eigenvalue weighted by Gasteiger charge is -2.32. The third-order valence-corrected chi connectivity index (χ3v) is 5.20. The number of anilines is 1. The number of hydrogen-bond acceptors (Lipinski definition) is 4. The summed E-state index contributed by atoms with van der Waals surface area (Å²) in [6.45, 7) is 2.50. The van der Waals surface area contributed by atoms with Gasteiger partial charge in [-0.15, -0.1) is 0 Å². The molecule has 1 saturated heterocycles. The average Bonchev–Trinajstić information content (AvgIpc) is 3.03. The van der Waals surface area contributed by atoms with E-state index in [-0.39, 0.29) is 6.10 Å². The maximum Gasteiger partial charge on any atom is 0.133 e. The van der Waals surface area contributed by atoms with E-state index >= 15 is 0 Å². The Labute approximate surface area is 143 Å². The fourth-order valence-corrected chi connectivity index (χ4v) is 3.96. The summed E-state index contributed by atoms with van der Waals surface area (Å²) in [7, 11) is 0. The quantitative estimate of drug-likeness (QED) is 0.906. The second-order valence-corrected chi connectivity index (χ2v) is 6.98. The lowest BCUT2D eigenvalue weighted by atomic mass is 10.1. The Hall–Kier alpha value is -1.91. The summed E-state index contributed by atoms with van der Waals surface area (Å²) in [5.74, 6) is 1.03. The number of aliphatic hydroxyl groups excluding tert-OH is 1. The van der Waals surface area contributed by atoms with Crippen molar-refractivity contribution < 1.29 is 5.11 Å². The third kappa shape index (κ3) is 3.30. The van der Waals surface area contributed by atoms with Crippen LogP contribution in [0.3, 0.4) is 0 Å². The number of rotatable bonds is 4. The van der Waals surface area contributed by atoms with E-state index in [2.05, 4.69) is 45.5 Å². The molecule has 1 aromatic heterocycles. The molecule has 2 aromatic rings. The molecule has 4 rings (SSSR count). The smallest absolute Gasteiger partial charge is 0.133 e. The fourth-order valence-electron chi connectivity index (χ4n) is 3.96. The first-order valence-corrected chi connectivity index (χ1v) is 8.96. The monoisotopic (exact) mass is 323 g/mol. The highest BCUT2D eigenvalue weighted by molar-refractivity contribution is 5.47. The average molecular weight is 323 g/mol. The van der Waals surface area contributed by atoms with Gasteiger partial charge in [0.2, 0.25) is 0 Å². The van der Waals surface area contributed by atoms with Gasteiger partial charge < -0.3 is 15.3 Å². The molecule has 1 fully saturated rings. The molecule has 1 aliphatic heterocycles. The van der Waals surface area contributed by atoms with Crippen molar-refractivity contribution in [1.82, 2.24) is 10.3 Å². The lowest BCUT2D eigenvalue weighted by Crippen LogP contribution is -2.39. The molecule has 1 unspecified atom stereocenters. The Balaban J connectivity index is 1.42. The van der Waals surface area contributed by atoms with Gasteiger partial charge in [-0.1, -0.05) is 30.3 Å². The molecule has 2 N–H and O–H groups in total. The van der Waals surface area contributed by atoms with Gasteiger partial charge in [-0.25, -0.2) is 4.98 Å². The van der Waals surface area contributed by atoms with E-state index in [1.807, 2.05) is 12.3 Å². The Bertz CT molecular complexity index is 678. The van der Waals surface area contributed by atoms with Gasteiger partial charge >= 0.3 is 0 Å². The molecule has 0 amide bonds. The molecule has 1 aliphatic carbocycles. The summed E-state index contributed by atoms with van der Waals surface area (Å²) in [5.41, 5.74) is 4.17. The van der Waals surface area contributed by atoms with Gasteiger partial charge in [0.05, 0.1) is 6.10 Å². The molecule has 126 valence electrons. The van der Waals surface area contributed by atoms with Gasteiger partial charge in [-0.3, -0.25) is 0 Å². The number of piperidine rings is 1. The first-order valence-electron chi connectivity index (χ1n) is 8.96. The van der Waals surface area contributed by atoms with Gasteiger partial charge in [0.1, 0.15) is 5.82 Å². The largest absolute Gasteiger partial charge is 0.391 e. The molecule has 1 aromatic carbocycles. The number of β-amino-alcohol motifs (C(OH)–C–C–N with tert-alkyl or cyclic N) is 1. The molecule has 0 radical (unpaired) electrons. The van der Waals surface area contributed by atoms with Crippen molar-refractivity contribution in [2.45, 2.75) is 44.4 Å². The summed E-state index contributed by atoms with van der Waals surface area (Å²) >= 11 is 0. The summed E-state index contributed by atoms with van der Waals surface area (Å²) in [6.07, 6.45) is 5.76. The minimum Gasteiger partial charge on any atom is -0.391 e. The van der Waals surface area contributed by atoms with E-state index < -0.39 is 0 Å². The van der Waals surface area contributed by atoms with Gasteiger partial charge in [0.25, 0.3) is 0 Å². The van der Waals surface area contributed by atoms with Crippen LogP contribution < -0.4 is 10.2 Å². The molecule has 1 atom stereocenters. The molecule has 4 nitrogen and oxygen atoms in total. The standard InChI is InChI=1S/C20H25N3O/c24-19-8-4-10-23(14-19)20-17(7-3-9-21-20)13-22-18-11-15-5-1-2-6-16(15)12-18/h1-3,5-7,9,18-19,22,24H,4,8,10-14H2. The number of aromatic nitrogens is 1. The van der Waals surface area contributed by atoms with Crippen molar-refractivity contribution in [3.05, 3.63) is 59.3 Å². The predicted molar refractivity (Wildman–Crippen MR) is 96.2 cm³/mol. The second-order valence-electron chi connectivity index (χ2n) is 6.98. The Morgan fingerprint density at radius 3 is 2.67 bits per heavy atom. The van der Waals surface area contributed by atoms with Crippen molar-refractivity contribution >= 4 is 5.82 Å². The Kier molecular flexibility index (Phi) is 4.50. The van der Waals surface area contributed by atoms with Gasteiger partial charge in [0.15, 0.2) is 0 Å². The maximum atomic E-state index is 9.95. The Morgan fingerprint density at radius 2 is 1.92 bits per heavy atom. The molecule has 2 heterocycles. The first-order chi connectivity index (χ1) is 11.8. The number of nitrogens with zero attached hydrogens (tertiary/aromatic N) is 2. The molecule has 2 aliphatic rings. The van der Waals surface area contributed by atoms with Crippen molar-refractivity contribution in [3.8, 4) is 0 Å². The van der Waals surface area contributed by atoms with E-state index in [9.17, 15) is 5.11 Å². The molecule has 0 saturated carbocycles. The van der Waals surface area contributed by atoms with Crippen LogP contribution in [-0.4, -0.2) is 35.3 Å². The number of nitrogens with one attached hydrogen (secondary N) is 1. The summed E-state index contributed by atoms with van der Waals surface area (Å²) < 4.78 is 0. The van der Waals surface area contributed by atoms with Crippen LogP contribution in [0.2, 0.25) is 0 Å². The van der Waals surface area contributed by atoms with Crippen molar-refractivity contribution in [1.29, 1.82) is 0 Å². The maximum absolute atomic E-state index is 9.95. The first kappa shape index (κ1) is 15.6. The van der Waals surface area contributed by atoms with Crippen molar-refractivity contribution in [3.63, 3.8) is 0 Å². The summed E-state index contributed by atoms with van der Waals surface area (Å²) in [4.78, 5) is 6.83. The molecule has 4 heteroatoms. The highest BCUT2D eigenvalue weighted by Gasteiger charge is 2.23. The predicted octanol–water partition coefficient (Wildman–Crippen LogP) is 2.30. The zero-order valence-corrected chi connectivity index (χ0v) is 14.0. The van der Waals surface area contributed by atoms with E-state index in [4.69, 9.17) is 0 Å². The molecular formula is C20H25N3O. The van der Waals surface area contributed by atoms with Gasteiger partial charge in [-0.2, -0.15) is 0 Å². The molecular weight excluding hydrogens is 298 g/mol. The SMILES string of the molecule is OC1CCCN(c2ncccc2CNC2Cc3ccccc3C2)C1. The van der Waals surface area contributed by atoms with E-state index in [0.717, 1.165) is 44.6 Å². The van der Waals surface area contributed by atoms with Crippen LogP contribution in [0.4, 0.5) is 5.82 Å². The highest BCUT2D eigenvalue weighted by atomic mass is 16.3. The minimum atomic E-state index is -0.231. The van der Waals surface area contributed by atoms with Gasteiger partial charge in [0, 0.05) is 37.4 Å². The molecule has 0 bridgehead atoms. The number of fused-ring (bicyclic) bond motifs is 1. The number of benzene rings is 1. The number of aliphatic hydroxyl groups is 1. The van der Waals surface area contributed by atoms with E-state index in [1.165, 1.54) is 16.7 Å². The van der Waals surface area contributed by atoms with Crippen molar-refractivity contribution in [2.24, 2.45) is 0 Å². The number of hydrogen-bond donors (Lipinski definition) is 2. The highest BCUT2D eigenvalue weighted by Crippen LogP contribution is 2.24. The van der Waals surface area contributed by atoms with Gasteiger partial charge in [-0.05, 0) is 42.9 Å². The van der Waals surface area contributed by atoms with Crippen LogP contribution in [0.25, 0.3) is 0 Å². The van der Waals surface area contributed by atoms with Crippen LogP contribution in [0.5, 0.6) is 0 Å².